The number of hydrogen-bond acceptors (Lipinski definition) is 3. The van der Waals surface area contributed by atoms with Gasteiger partial charge in [-0.2, -0.15) is 0 Å². The molecule has 1 aromatic heterocycles. The predicted octanol–water partition coefficient (Wildman–Crippen LogP) is 2.46. The van der Waals surface area contributed by atoms with Gasteiger partial charge in [0.25, 0.3) is 0 Å². The van der Waals surface area contributed by atoms with Crippen LogP contribution in [0.2, 0.25) is 0 Å². The number of hydrogen-bond donors (Lipinski definition) is 2. The van der Waals surface area contributed by atoms with Gasteiger partial charge in [0, 0.05) is 24.5 Å². The Hall–Kier alpha value is -1.07. The minimum Gasteiger partial charge on any atom is -0.354 e. The Balaban J connectivity index is 1.87. The quantitative estimate of drug-likeness (QED) is 0.647. The van der Waals surface area contributed by atoms with Crippen LogP contribution in [-0.2, 0) is 0 Å². The van der Waals surface area contributed by atoms with E-state index in [1.807, 2.05) is 18.4 Å². The first-order valence-electron chi connectivity index (χ1n) is 7.37. The van der Waals surface area contributed by atoms with Gasteiger partial charge in [-0.3, -0.25) is 4.99 Å². The van der Waals surface area contributed by atoms with Crippen molar-refractivity contribution in [3.63, 3.8) is 0 Å². The fraction of sp³-hybridized carbons (Fsp3) is 0.667. The number of nitrogens with one attached hydrogen (secondary N) is 2. The Morgan fingerprint density at radius 3 is 2.75 bits per heavy atom. The lowest BCUT2D eigenvalue weighted by Crippen LogP contribution is -2.45. The molecule has 0 saturated heterocycles. The summed E-state index contributed by atoms with van der Waals surface area (Å²) in [7, 11) is 6.10. The Morgan fingerprint density at radius 1 is 1.45 bits per heavy atom. The molecule has 112 valence electrons. The van der Waals surface area contributed by atoms with Gasteiger partial charge in [0.1, 0.15) is 0 Å². The molecule has 1 unspecified atom stereocenters. The maximum atomic E-state index is 4.34. The minimum absolute atomic E-state index is 0.386. The van der Waals surface area contributed by atoms with Crippen molar-refractivity contribution in [2.24, 2.45) is 4.99 Å². The molecule has 0 amide bonds. The van der Waals surface area contributed by atoms with Gasteiger partial charge >= 0.3 is 0 Å². The molecule has 0 bridgehead atoms. The molecule has 20 heavy (non-hydrogen) atoms. The summed E-state index contributed by atoms with van der Waals surface area (Å²) < 4.78 is 0. The first-order chi connectivity index (χ1) is 9.70. The standard InChI is InChI=1S/C15H26N4S/c1-16-15(18-12-7-4-5-8-12)17-11-13(19(2)3)14-9-6-10-20-14/h6,9-10,12-13H,4-5,7-8,11H2,1-3H3,(H2,16,17,18). The third kappa shape index (κ3) is 4.21. The fourth-order valence-corrected chi connectivity index (χ4v) is 3.59. The van der Waals surface area contributed by atoms with Gasteiger partial charge in [0.15, 0.2) is 5.96 Å². The van der Waals surface area contributed by atoms with Crippen LogP contribution in [0.5, 0.6) is 0 Å². The number of rotatable bonds is 5. The Labute approximate surface area is 126 Å². The molecule has 0 radical (unpaired) electrons. The highest BCUT2D eigenvalue weighted by molar-refractivity contribution is 7.10. The van der Waals surface area contributed by atoms with Crippen LogP contribution < -0.4 is 10.6 Å². The van der Waals surface area contributed by atoms with E-state index in [2.05, 4.69) is 52.1 Å². The molecule has 0 aromatic carbocycles. The third-order valence-corrected chi connectivity index (χ3v) is 4.85. The van der Waals surface area contributed by atoms with Gasteiger partial charge in [0.2, 0.25) is 0 Å². The SMILES string of the molecule is CN=C(NCC(c1cccs1)N(C)C)NC1CCCC1. The minimum atomic E-state index is 0.386. The summed E-state index contributed by atoms with van der Waals surface area (Å²) >= 11 is 1.81. The predicted molar refractivity (Wildman–Crippen MR) is 87.5 cm³/mol. The highest BCUT2D eigenvalue weighted by atomic mass is 32.1. The summed E-state index contributed by atoms with van der Waals surface area (Å²) in [4.78, 5) is 7.98. The van der Waals surface area contributed by atoms with Crippen LogP contribution in [0.4, 0.5) is 0 Å². The second-order valence-corrected chi connectivity index (χ2v) is 6.55. The molecule has 4 nitrogen and oxygen atoms in total. The zero-order valence-electron chi connectivity index (χ0n) is 12.7. The molecular weight excluding hydrogens is 268 g/mol. The molecule has 2 rings (SSSR count). The molecule has 1 aliphatic carbocycles. The largest absolute Gasteiger partial charge is 0.354 e. The second-order valence-electron chi connectivity index (χ2n) is 5.57. The molecule has 0 aliphatic heterocycles. The molecule has 0 spiro atoms. The van der Waals surface area contributed by atoms with Crippen LogP contribution in [0.25, 0.3) is 0 Å². The van der Waals surface area contributed by atoms with Crippen molar-refractivity contribution in [2.45, 2.75) is 37.8 Å². The van der Waals surface area contributed by atoms with Crippen molar-refractivity contribution in [1.29, 1.82) is 0 Å². The molecule has 1 aliphatic rings. The lowest BCUT2D eigenvalue weighted by molar-refractivity contribution is 0.302. The third-order valence-electron chi connectivity index (χ3n) is 3.88. The molecule has 1 aromatic rings. The van der Waals surface area contributed by atoms with Crippen molar-refractivity contribution >= 4 is 17.3 Å². The molecule has 2 N–H and O–H groups in total. The van der Waals surface area contributed by atoms with E-state index in [1.54, 1.807) is 0 Å². The lowest BCUT2D eigenvalue weighted by Gasteiger charge is -2.25. The van der Waals surface area contributed by atoms with E-state index < -0.39 is 0 Å². The zero-order valence-corrected chi connectivity index (χ0v) is 13.5. The monoisotopic (exact) mass is 294 g/mol. The maximum Gasteiger partial charge on any atom is 0.191 e. The normalized spacial score (nSPS) is 18.5. The summed E-state index contributed by atoms with van der Waals surface area (Å²) in [6, 6.07) is 5.30. The molecule has 1 saturated carbocycles. The smallest absolute Gasteiger partial charge is 0.191 e. The van der Waals surface area contributed by atoms with E-state index in [0.717, 1.165) is 12.5 Å². The van der Waals surface area contributed by atoms with Gasteiger partial charge in [-0.25, -0.2) is 0 Å². The number of likely N-dealkylation sites (N-methyl/N-ethyl adjacent to an activating group) is 1. The van der Waals surface area contributed by atoms with E-state index >= 15 is 0 Å². The van der Waals surface area contributed by atoms with E-state index in [4.69, 9.17) is 0 Å². The van der Waals surface area contributed by atoms with Crippen LogP contribution in [-0.4, -0.2) is 44.6 Å². The highest BCUT2D eigenvalue weighted by Gasteiger charge is 2.18. The van der Waals surface area contributed by atoms with Crippen molar-refractivity contribution in [1.82, 2.24) is 15.5 Å². The van der Waals surface area contributed by atoms with Crippen LogP contribution in [0, 0.1) is 0 Å². The van der Waals surface area contributed by atoms with E-state index in [9.17, 15) is 0 Å². The molecule has 1 atom stereocenters. The maximum absolute atomic E-state index is 4.34. The molecule has 1 heterocycles. The number of aliphatic imine (C=N–C) groups is 1. The Morgan fingerprint density at radius 2 is 2.20 bits per heavy atom. The van der Waals surface area contributed by atoms with Gasteiger partial charge in [-0.1, -0.05) is 18.9 Å². The Bertz CT molecular complexity index is 408. The summed E-state index contributed by atoms with van der Waals surface area (Å²) in [5.41, 5.74) is 0. The highest BCUT2D eigenvalue weighted by Crippen LogP contribution is 2.22. The number of thiophene rings is 1. The second kappa shape index (κ2) is 7.64. The van der Waals surface area contributed by atoms with Crippen molar-refractivity contribution < 1.29 is 0 Å². The van der Waals surface area contributed by atoms with E-state index in [-0.39, 0.29) is 0 Å². The first kappa shape index (κ1) is 15.3. The molecular formula is C15H26N4S. The van der Waals surface area contributed by atoms with Gasteiger partial charge < -0.3 is 15.5 Å². The summed E-state index contributed by atoms with van der Waals surface area (Å²) in [6.07, 6.45) is 5.21. The molecule has 1 fully saturated rings. The van der Waals surface area contributed by atoms with Crippen LogP contribution in [0.15, 0.2) is 22.5 Å². The zero-order chi connectivity index (χ0) is 14.4. The first-order valence-corrected chi connectivity index (χ1v) is 8.25. The summed E-state index contributed by atoms with van der Waals surface area (Å²) in [5, 5.41) is 9.14. The number of nitrogens with zero attached hydrogens (tertiary/aromatic N) is 2. The van der Waals surface area contributed by atoms with Gasteiger partial charge in [-0.15, -0.1) is 11.3 Å². The topological polar surface area (TPSA) is 39.7 Å². The fourth-order valence-electron chi connectivity index (χ4n) is 2.67. The average molecular weight is 294 g/mol. The Kier molecular flexibility index (Phi) is 5.86. The van der Waals surface area contributed by atoms with Crippen molar-refractivity contribution in [3.05, 3.63) is 22.4 Å². The van der Waals surface area contributed by atoms with Crippen molar-refractivity contribution in [2.75, 3.05) is 27.7 Å². The van der Waals surface area contributed by atoms with Gasteiger partial charge in [0.05, 0.1) is 6.04 Å². The average Bonchev–Trinajstić information content (AvgIpc) is 3.10. The molecule has 5 heteroatoms. The van der Waals surface area contributed by atoms with Crippen LogP contribution in [0.3, 0.4) is 0 Å². The lowest BCUT2D eigenvalue weighted by atomic mass is 10.2. The van der Waals surface area contributed by atoms with Crippen molar-refractivity contribution in [3.8, 4) is 0 Å². The van der Waals surface area contributed by atoms with E-state index in [1.165, 1.54) is 30.6 Å². The van der Waals surface area contributed by atoms with E-state index in [0.29, 0.717) is 12.1 Å². The number of guanidine groups is 1. The summed E-state index contributed by atoms with van der Waals surface area (Å²) in [5.74, 6) is 0.931. The summed E-state index contributed by atoms with van der Waals surface area (Å²) in [6.45, 7) is 0.875. The van der Waals surface area contributed by atoms with Gasteiger partial charge in [-0.05, 0) is 38.4 Å². The van der Waals surface area contributed by atoms with Crippen LogP contribution >= 0.6 is 11.3 Å². The van der Waals surface area contributed by atoms with Crippen LogP contribution in [0.1, 0.15) is 36.6 Å².